The lowest BCUT2D eigenvalue weighted by Gasteiger charge is -2.11. The quantitative estimate of drug-likeness (QED) is 0.857. The number of nitrogens with one attached hydrogen (secondary N) is 1. The molecule has 1 saturated carbocycles. The molecule has 0 radical (unpaired) electrons. The predicted molar refractivity (Wildman–Crippen MR) is 64.6 cm³/mol. The fourth-order valence-corrected chi connectivity index (χ4v) is 2.31. The minimum Gasteiger partial charge on any atom is -0.385 e. The second kappa shape index (κ2) is 4.83. The molecule has 1 N–H and O–H groups in total. The summed E-state index contributed by atoms with van der Waals surface area (Å²) in [6, 6.07) is 8.41. The molecule has 1 fully saturated rings. The van der Waals surface area contributed by atoms with Gasteiger partial charge in [-0.05, 0) is 43.0 Å². The second-order valence-corrected chi connectivity index (χ2v) is 4.95. The number of halogens is 1. The molecular weight excluding hydrogens is 238 g/mol. The van der Waals surface area contributed by atoms with Gasteiger partial charge in [-0.1, -0.05) is 28.8 Å². The molecule has 0 spiro atoms. The number of hydrogen-bond acceptors (Lipinski definition) is 1. The van der Waals surface area contributed by atoms with Crippen molar-refractivity contribution in [2.75, 3.05) is 11.9 Å². The average molecular weight is 254 g/mol. The monoisotopic (exact) mass is 253 g/mol. The summed E-state index contributed by atoms with van der Waals surface area (Å²) in [5.74, 6) is 0.902. The first kappa shape index (κ1) is 10.0. The Kier molecular flexibility index (Phi) is 3.46. The second-order valence-electron chi connectivity index (χ2n) is 4.04. The highest BCUT2D eigenvalue weighted by Gasteiger charge is 2.13. The van der Waals surface area contributed by atoms with Crippen molar-refractivity contribution >= 4 is 21.6 Å². The molecule has 1 aliphatic carbocycles. The molecule has 0 bridgehead atoms. The van der Waals surface area contributed by atoms with Crippen LogP contribution in [0.3, 0.4) is 0 Å². The van der Waals surface area contributed by atoms with Gasteiger partial charge in [0.05, 0.1) is 0 Å². The Morgan fingerprint density at radius 3 is 2.43 bits per heavy atom. The van der Waals surface area contributed by atoms with Crippen molar-refractivity contribution in [2.45, 2.75) is 25.7 Å². The van der Waals surface area contributed by atoms with E-state index >= 15 is 0 Å². The molecule has 2 heteroatoms. The first-order valence-electron chi connectivity index (χ1n) is 5.34. The molecule has 2 rings (SSSR count). The van der Waals surface area contributed by atoms with Crippen molar-refractivity contribution in [1.29, 1.82) is 0 Å². The highest BCUT2D eigenvalue weighted by molar-refractivity contribution is 9.10. The van der Waals surface area contributed by atoms with Gasteiger partial charge in [0.15, 0.2) is 0 Å². The molecule has 0 unspecified atom stereocenters. The molecule has 1 aliphatic rings. The zero-order valence-corrected chi connectivity index (χ0v) is 9.89. The highest BCUT2D eigenvalue weighted by atomic mass is 79.9. The number of benzene rings is 1. The van der Waals surface area contributed by atoms with Gasteiger partial charge in [0, 0.05) is 16.7 Å². The van der Waals surface area contributed by atoms with E-state index in [1.807, 2.05) is 0 Å². The van der Waals surface area contributed by atoms with E-state index in [2.05, 4.69) is 45.5 Å². The van der Waals surface area contributed by atoms with E-state index in [0.29, 0.717) is 0 Å². The van der Waals surface area contributed by atoms with Crippen molar-refractivity contribution in [2.24, 2.45) is 5.92 Å². The Labute approximate surface area is 94.0 Å². The third kappa shape index (κ3) is 2.74. The average Bonchev–Trinajstić information content (AvgIpc) is 2.70. The topological polar surface area (TPSA) is 12.0 Å². The third-order valence-corrected chi connectivity index (χ3v) is 3.44. The summed E-state index contributed by atoms with van der Waals surface area (Å²) in [6.07, 6.45) is 5.66. The number of anilines is 1. The standard InChI is InChI=1S/C12H16BrN/c13-11-5-7-12(8-6-11)14-9-10-3-1-2-4-10/h5-8,10,14H,1-4,9H2. The van der Waals surface area contributed by atoms with Crippen LogP contribution in [0.4, 0.5) is 5.69 Å². The van der Waals surface area contributed by atoms with Gasteiger partial charge in [-0.25, -0.2) is 0 Å². The lowest BCUT2D eigenvalue weighted by Crippen LogP contribution is -2.10. The summed E-state index contributed by atoms with van der Waals surface area (Å²) < 4.78 is 1.14. The summed E-state index contributed by atoms with van der Waals surface area (Å²) in [4.78, 5) is 0. The summed E-state index contributed by atoms with van der Waals surface area (Å²) in [5, 5.41) is 3.49. The van der Waals surface area contributed by atoms with Crippen LogP contribution < -0.4 is 5.32 Å². The molecule has 76 valence electrons. The van der Waals surface area contributed by atoms with Gasteiger partial charge in [-0.2, -0.15) is 0 Å². The fourth-order valence-electron chi connectivity index (χ4n) is 2.04. The maximum absolute atomic E-state index is 3.49. The Balaban J connectivity index is 1.82. The van der Waals surface area contributed by atoms with Crippen LogP contribution in [0.25, 0.3) is 0 Å². The van der Waals surface area contributed by atoms with Crippen molar-refractivity contribution in [3.8, 4) is 0 Å². The minimum absolute atomic E-state index is 0.902. The molecule has 0 aliphatic heterocycles. The first-order chi connectivity index (χ1) is 6.84. The Morgan fingerprint density at radius 1 is 1.14 bits per heavy atom. The molecule has 14 heavy (non-hydrogen) atoms. The van der Waals surface area contributed by atoms with E-state index in [1.54, 1.807) is 0 Å². The van der Waals surface area contributed by atoms with E-state index in [9.17, 15) is 0 Å². The predicted octanol–water partition coefficient (Wildman–Crippen LogP) is 4.05. The third-order valence-electron chi connectivity index (χ3n) is 2.91. The van der Waals surface area contributed by atoms with Crippen LogP contribution >= 0.6 is 15.9 Å². The van der Waals surface area contributed by atoms with E-state index in [4.69, 9.17) is 0 Å². The Bertz CT molecular complexity index is 275. The maximum atomic E-state index is 3.49. The van der Waals surface area contributed by atoms with Gasteiger partial charge in [0.25, 0.3) is 0 Å². The van der Waals surface area contributed by atoms with Crippen LogP contribution in [-0.2, 0) is 0 Å². The zero-order valence-electron chi connectivity index (χ0n) is 8.30. The minimum atomic E-state index is 0.902. The molecule has 0 atom stereocenters. The van der Waals surface area contributed by atoms with Gasteiger partial charge < -0.3 is 5.32 Å². The van der Waals surface area contributed by atoms with Crippen molar-refractivity contribution in [3.05, 3.63) is 28.7 Å². The van der Waals surface area contributed by atoms with Gasteiger partial charge in [-0.3, -0.25) is 0 Å². The van der Waals surface area contributed by atoms with Crippen molar-refractivity contribution < 1.29 is 0 Å². The lowest BCUT2D eigenvalue weighted by atomic mass is 10.1. The largest absolute Gasteiger partial charge is 0.385 e. The number of rotatable bonds is 3. The molecule has 0 amide bonds. The summed E-state index contributed by atoms with van der Waals surface area (Å²) >= 11 is 3.44. The highest BCUT2D eigenvalue weighted by Crippen LogP contribution is 2.25. The zero-order chi connectivity index (χ0) is 9.80. The molecule has 1 nitrogen and oxygen atoms in total. The van der Waals surface area contributed by atoms with E-state index < -0.39 is 0 Å². The normalized spacial score (nSPS) is 17.2. The molecular formula is C12H16BrN. The number of hydrogen-bond donors (Lipinski definition) is 1. The van der Waals surface area contributed by atoms with Gasteiger partial charge in [0.2, 0.25) is 0 Å². The van der Waals surface area contributed by atoms with Gasteiger partial charge in [-0.15, -0.1) is 0 Å². The molecule has 0 heterocycles. The maximum Gasteiger partial charge on any atom is 0.0341 e. The lowest BCUT2D eigenvalue weighted by molar-refractivity contribution is 0.580. The molecule has 0 saturated heterocycles. The van der Waals surface area contributed by atoms with E-state index in [0.717, 1.165) is 16.9 Å². The Morgan fingerprint density at radius 2 is 1.79 bits per heavy atom. The van der Waals surface area contributed by atoms with Crippen LogP contribution in [0.15, 0.2) is 28.7 Å². The molecule has 0 aromatic heterocycles. The summed E-state index contributed by atoms with van der Waals surface area (Å²) in [6.45, 7) is 1.14. The first-order valence-corrected chi connectivity index (χ1v) is 6.13. The van der Waals surface area contributed by atoms with Crippen molar-refractivity contribution in [1.82, 2.24) is 0 Å². The van der Waals surface area contributed by atoms with Crippen LogP contribution in [0.2, 0.25) is 0 Å². The van der Waals surface area contributed by atoms with Crippen molar-refractivity contribution in [3.63, 3.8) is 0 Å². The molecule has 1 aromatic carbocycles. The van der Waals surface area contributed by atoms with Gasteiger partial charge >= 0.3 is 0 Å². The molecule has 1 aromatic rings. The smallest absolute Gasteiger partial charge is 0.0341 e. The van der Waals surface area contributed by atoms with Gasteiger partial charge in [0.1, 0.15) is 0 Å². The fraction of sp³-hybridized carbons (Fsp3) is 0.500. The SMILES string of the molecule is Brc1ccc(NCC2CCCC2)cc1. The summed E-state index contributed by atoms with van der Waals surface area (Å²) in [7, 11) is 0. The van der Waals surface area contributed by atoms with E-state index in [1.165, 1.54) is 31.4 Å². The van der Waals surface area contributed by atoms with Crippen LogP contribution in [0, 0.1) is 5.92 Å². The van der Waals surface area contributed by atoms with Crippen LogP contribution in [0.1, 0.15) is 25.7 Å². The van der Waals surface area contributed by atoms with Crippen LogP contribution in [0.5, 0.6) is 0 Å². The van der Waals surface area contributed by atoms with Crippen LogP contribution in [-0.4, -0.2) is 6.54 Å². The summed E-state index contributed by atoms with van der Waals surface area (Å²) in [5.41, 5.74) is 1.24. The van der Waals surface area contributed by atoms with E-state index in [-0.39, 0.29) is 0 Å². The Hall–Kier alpha value is -0.500.